The highest BCUT2D eigenvalue weighted by Crippen LogP contribution is 2.42. The number of nitrogens with zero attached hydrogens (tertiary/aromatic N) is 2. The maximum Gasteiger partial charge on any atom is 0.236 e. The molecule has 2 amide bonds. The number of morpholine rings is 1. The standard InChI is InChI=1S/C17H21FN2O3S/c1-12-16(22)20(6-5-15(21)19-7-9-23-10-8-19)17(24-12)13-3-2-4-14(18)11-13/h2-4,11-12,17H,5-10H2,1H3. The summed E-state index contributed by atoms with van der Waals surface area (Å²) in [6.45, 7) is 4.54. The van der Waals surface area contributed by atoms with E-state index in [1.807, 2.05) is 13.0 Å². The van der Waals surface area contributed by atoms with Gasteiger partial charge in [0, 0.05) is 26.1 Å². The topological polar surface area (TPSA) is 49.9 Å². The van der Waals surface area contributed by atoms with Crippen molar-refractivity contribution in [1.29, 1.82) is 0 Å². The van der Waals surface area contributed by atoms with Crippen molar-refractivity contribution >= 4 is 23.6 Å². The van der Waals surface area contributed by atoms with Gasteiger partial charge in [0.05, 0.1) is 18.5 Å². The first kappa shape index (κ1) is 17.2. The van der Waals surface area contributed by atoms with Crippen LogP contribution in [-0.4, -0.2) is 59.7 Å². The lowest BCUT2D eigenvalue weighted by molar-refractivity contribution is -0.136. The summed E-state index contributed by atoms with van der Waals surface area (Å²) < 4.78 is 18.8. The molecule has 0 radical (unpaired) electrons. The van der Waals surface area contributed by atoms with Crippen LogP contribution in [0, 0.1) is 5.82 Å². The summed E-state index contributed by atoms with van der Waals surface area (Å²) in [5.74, 6) is -0.276. The van der Waals surface area contributed by atoms with Crippen LogP contribution in [0.5, 0.6) is 0 Å². The van der Waals surface area contributed by atoms with E-state index < -0.39 is 0 Å². The quantitative estimate of drug-likeness (QED) is 0.832. The van der Waals surface area contributed by atoms with Crippen LogP contribution < -0.4 is 0 Å². The molecule has 2 unspecified atom stereocenters. The molecule has 0 aromatic heterocycles. The predicted molar refractivity (Wildman–Crippen MR) is 89.9 cm³/mol. The SMILES string of the molecule is CC1SC(c2cccc(F)c2)N(CCC(=O)N2CCOCC2)C1=O. The van der Waals surface area contributed by atoms with Crippen LogP contribution in [0.4, 0.5) is 4.39 Å². The lowest BCUT2D eigenvalue weighted by Gasteiger charge is -2.29. The molecule has 0 N–H and O–H groups in total. The van der Waals surface area contributed by atoms with Gasteiger partial charge >= 0.3 is 0 Å². The molecule has 3 rings (SSSR count). The van der Waals surface area contributed by atoms with Gasteiger partial charge in [-0.25, -0.2) is 4.39 Å². The second-order valence-electron chi connectivity index (χ2n) is 5.96. The number of thioether (sulfide) groups is 1. The first-order chi connectivity index (χ1) is 11.6. The molecular formula is C17H21FN2O3S. The van der Waals surface area contributed by atoms with Crippen molar-refractivity contribution in [3.05, 3.63) is 35.6 Å². The molecule has 1 aromatic carbocycles. The minimum absolute atomic E-state index is 0.00374. The van der Waals surface area contributed by atoms with Gasteiger partial charge in [0.1, 0.15) is 11.2 Å². The van der Waals surface area contributed by atoms with E-state index in [1.54, 1.807) is 15.9 Å². The van der Waals surface area contributed by atoms with E-state index >= 15 is 0 Å². The number of hydrogen-bond acceptors (Lipinski definition) is 4. The molecule has 2 heterocycles. The Morgan fingerprint density at radius 1 is 1.38 bits per heavy atom. The molecule has 2 atom stereocenters. The summed E-state index contributed by atoms with van der Waals surface area (Å²) in [4.78, 5) is 28.2. The molecule has 2 saturated heterocycles. The monoisotopic (exact) mass is 352 g/mol. The van der Waals surface area contributed by atoms with Gasteiger partial charge < -0.3 is 14.5 Å². The van der Waals surface area contributed by atoms with E-state index in [0.29, 0.717) is 32.8 Å². The molecule has 0 aliphatic carbocycles. The van der Waals surface area contributed by atoms with Gasteiger partial charge in [0.2, 0.25) is 11.8 Å². The van der Waals surface area contributed by atoms with Crippen LogP contribution >= 0.6 is 11.8 Å². The largest absolute Gasteiger partial charge is 0.378 e. The van der Waals surface area contributed by atoms with E-state index in [-0.39, 0.29) is 34.7 Å². The molecule has 2 aliphatic heterocycles. The fourth-order valence-corrected chi connectivity index (χ4v) is 4.31. The number of rotatable bonds is 4. The van der Waals surface area contributed by atoms with Crippen LogP contribution in [0.3, 0.4) is 0 Å². The second kappa shape index (κ2) is 7.53. The number of hydrogen-bond donors (Lipinski definition) is 0. The number of carbonyl (C=O) groups excluding carboxylic acids is 2. The van der Waals surface area contributed by atoms with E-state index in [0.717, 1.165) is 5.56 Å². The minimum atomic E-state index is -0.315. The van der Waals surface area contributed by atoms with Gasteiger partial charge in [-0.1, -0.05) is 12.1 Å². The van der Waals surface area contributed by atoms with Crippen LogP contribution in [0.15, 0.2) is 24.3 Å². The highest BCUT2D eigenvalue weighted by molar-refractivity contribution is 8.01. The molecule has 2 aliphatic rings. The lowest BCUT2D eigenvalue weighted by atomic mass is 10.2. The summed E-state index contributed by atoms with van der Waals surface area (Å²) >= 11 is 1.50. The highest BCUT2D eigenvalue weighted by Gasteiger charge is 2.38. The Morgan fingerprint density at radius 2 is 2.12 bits per heavy atom. The summed E-state index contributed by atoms with van der Waals surface area (Å²) in [6.07, 6.45) is 0.283. The summed E-state index contributed by atoms with van der Waals surface area (Å²) in [7, 11) is 0. The third kappa shape index (κ3) is 3.72. The van der Waals surface area contributed by atoms with Crippen molar-refractivity contribution in [2.24, 2.45) is 0 Å². The van der Waals surface area contributed by atoms with E-state index in [9.17, 15) is 14.0 Å². The van der Waals surface area contributed by atoms with Crippen LogP contribution in [0.25, 0.3) is 0 Å². The van der Waals surface area contributed by atoms with Gasteiger partial charge in [-0.3, -0.25) is 9.59 Å². The summed E-state index contributed by atoms with van der Waals surface area (Å²) in [6, 6.07) is 6.32. The first-order valence-electron chi connectivity index (χ1n) is 8.13. The van der Waals surface area contributed by atoms with Crippen LogP contribution in [0.2, 0.25) is 0 Å². The molecule has 130 valence electrons. The Bertz CT molecular complexity index is 622. The van der Waals surface area contributed by atoms with Crippen molar-refractivity contribution in [3.8, 4) is 0 Å². The molecule has 2 fully saturated rings. The average Bonchev–Trinajstić information content (AvgIpc) is 2.88. The number of halogens is 1. The van der Waals surface area contributed by atoms with Crippen molar-refractivity contribution < 1.29 is 18.7 Å². The molecular weight excluding hydrogens is 331 g/mol. The van der Waals surface area contributed by atoms with Crippen molar-refractivity contribution in [1.82, 2.24) is 9.80 Å². The van der Waals surface area contributed by atoms with E-state index in [1.165, 1.54) is 23.9 Å². The smallest absolute Gasteiger partial charge is 0.236 e. The second-order valence-corrected chi connectivity index (χ2v) is 7.39. The molecule has 0 saturated carbocycles. The molecule has 1 aromatic rings. The van der Waals surface area contributed by atoms with Crippen molar-refractivity contribution in [3.63, 3.8) is 0 Å². The maximum absolute atomic E-state index is 13.5. The Morgan fingerprint density at radius 3 is 2.83 bits per heavy atom. The number of ether oxygens (including phenoxy) is 1. The zero-order valence-corrected chi connectivity index (χ0v) is 14.4. The molecule has 24 heavy (non-hydrogen) atoms. The molecule has 5 nitrogen and oxygen atoms in total. The van der Waals surface area contributed by atoms with Gasteiger partial charge in [0.25, 0.3) is 0 Å². The lowest BCUT2D eigenvalue weighted by Crippen LogP contribution is -2.42. The number of amides is 2. The third-order valence-electron chi connectivity index (χ3n) is 4.31. The number of carbonyl (C=O) groups is 2. The van der Waals surface area contributed by atoms with Gasteiger partial charge in [0.15, 0.2) is 0 Å². The minimum Gasteiger partial charge on any atom is -0.378 e. The van der Waals surface area contributed by atoms with E-state index in [4.69, 9.17) is 4.74 Å². The fraction of sp³-hybridized carbons (Fsp3) is 0.529. The van der Waals surface area contributed by atoms with Gasteiger partial charge in [-0.15, -0.1) is 11.8 Å². The first-order valence-corrected chi connectivity index (χ1v) is 9.07. The highest BCUT2D eigenvalue weighted by atomic mass is 32.2. The van der Waals surface area contributed by atoms with Gasteiger partial charge in [-0.05, 0) is 24.6 Å². The molecule has 0 bridgehead atoms. The Labute approximate surface area is 145 Å². The normalized spacial score (nSPS) is 24.5. The third-order valence-corrected chi connectivity index (χ3v) is 5.71. The Balaban J connectivity index is 1.67. The van der Waals surface area contributed by atoms with Crippen molar-refractivity contribution in [2.45, 2.75) is 24.0 Å². The zero-order chi connectivity index (χ0) is 17.1. The number of benzene rings is 1. The molecule has 7 heteroatoms. The molecule has 0 spiro atoms. The predicted octanol–water partition coefficient (Wildman–Crippen LogP) is 2.04. The Kier molecular flexibility index (Phi) is 5.40. The van der Waals surface area contributed by atoms with E-state index in [2.05, 4.69) is 0 Å². The zero-order valence-electron chi connectivity index (χ0n) is 13.6. The van der Waals surface area contributed by atoms with Crippen LogP contribution in [0.1, 0.15) is 24.3 Å². The van der Waals surface area contributed by atoms with Crippen LogP contribution in [-0.2, 0) is 14.3 Å². The average molecular weight is 352 g/mol. The maximum atomic E-state index is 13.5. The van der Waals surface area contributed by atoms with Crippen molar-refractivity contribution in [2.75, 3.05) is 32.8 Å². The van der Waals surface area contributed by atoms with Gasteiger partial charge in [-0.2, -0.15) is 0 Å². The summed E-state index contributed by atoms with van der Waals surface area (Å²) in [5, 5.41) is -0.419. The Hall–Kier alpha value is -1.60. The fourth-order valence-electron chi connectivity index (χ4n) is 3.01. The summed E-state index contributed by atoms with van der Waals surface area (Å²) in [5.41, 5.74) is 0.761.